The summed E-state index contributed by atoms with van der Waals surface area (Å²) in [6.45, 7) is 1.92. The molecule has 1 N–H and O–H groups in total. The zero-order valence-electron chi connectivity index (χ0n) is 9.84. The molecule has 0 amide bonds. The van der Waals surface area contributed by atoms with Gasteiger partial charge in [-0.2, -0.15) is 0 Å². The number of hydrogen-bond donors (Lipinski definition) is 1. The van der Waals surface area contributed by atoms with Gasteiger partial charge in [0.05, 0.1) is 23.7 Å². The van der Waals surface area contributed by atoms with E-state index in [-0.39, 0.29) is 6.04 Å². The van der Waals surface area contributed by atoms with Gasteiger partial charge < -0.3 is 10.1 Å². The lowest BCUT2D eigenvalue weighted by Crippen LogP contribution is -2.20. The van der Waals surface area contributed by atoms with Crippen LogP contribution in [-0.4, -0.2) is 33.7 Å². The van der Waals surface area contributed by atoms with E-state index in [1.807, 2.05) is 14.0 Å². The minimum absolute atomic E-state index is 0.0985. The Balaban J connectivity index is 2.46. The van der Waals surface area contributed by atoms with Crippen LogP contribution in [0, 0.1) is 6.92 Å². The SMILES string of the molecule is CNC(c1nccnc1OC)c1snnc1C. The van der Waals surface area contributed by atoms with Crippen molar-refractivity contribution in [3.8, 4) is 5.88 Å². The second-order valence-electron chi connectivity index (χ2n) is 3.40. The second-order valence-corrected chi connectivity index (χ2v) is 4.18. The average Bonchev–Trinajstić information content (AvgIpc) is 2.78. The van der Waals surface area contributed by atoms with E-state index in [2.05, 4.69) is 24.9 Å². The van der Waals surface area contributed by atoms with Gasteiger partial charge in [0.2, 0.25) is 5.88 Å². The van der Waals surface area contributed by atoms with E-state index in [0.29, 0.717) is 5.88 Å². The molecule has 2 aromatic heterocycles. The third kappa shape index (κ3) is 2.25. The Bertz CT molecular complexity index is 501. The number of rotatable bonds is 4. The highest BCUT2D eigenvalue weighted by atomic mass is 32.1. The monoisotopic (exact) mass is 251 g/mol. The van der Waals surface area contributed by atoms with Crippen molar-refractivity contribution in [3.63, 3.8) is 0 Å². The lowest BCUT2D eigenvalue weighted by atomic mass is 10.1. The summed E-state index contributed by atoms with van der Waals surface area (Å²) in [6, 6.07) is -0.0985. The van der Waals surface area contributed by atoms with Crippen LogP contribution in [0.4, 0.5) is 0 Å². The van der Waals surface area contributed by atoms with Gasteiger partial charge in [-0.1, -0.05) is 4.49 Å². The van der Waals surface area contributed by atoms with Crippen LogP contribution in [0.25, 0.3) is 0 Å². The van der Waals surface area contributed by atoms with Gasteiger partial charge >= 0.3 is 0 Å². The smallest absolute Gasteiger partial charge is 0.237 e. The predicted molar refractivity (Wildman–Crippen MR) is 64.1 cm³/mol. The molecule has 7 heteroatoms. The Kier molecular flexibility index (Phi) is 3.60. The van der Waals surface area contributed by atoms with Crippen LogP contribution in [0.2, 0.25) is 0 Å². The summed E-state index contributed by atoms with van der Waals surface area (Å²) in [7, 11) is 3.44. The average molecular weight is 251 g/mol. The third-order valence-corrected chi connectivity index (χ3v) is 3.29. The topological polar surface area (TPSA) is 72.8 Å². The number of aromatic nitrogens is 4. The van der Waals surface area contributed by atoms with Crippen LogP contribution >= 0.6 is 11.5 Å². The molecule has 0 saturated heterocycles. The summed E-state index contributed by atoms with van der Waals surface area (Å²) in [5, 5.41) is 7.19. The highest BCUT2D eigenvalue weighted by Crippen LogP contribution is 2.29. The zero-order valence-corrected chi connectivity index (χ0v) is 10.7. The molecule has 2 heterocycles. The van der Waals surface area contributed by atoms with Gasteiger partial charge in [0, 0.05) is 12.4 Å². The van der Waals surface area contributed by atoms with Crippen molar-refractivity contribution in [2.75, 3.05) is 14.2 Å². The standard InChI is InChI=1S/C10H13N5OS/c1-6-9(17-15-14-6)7(11-2)8-10(16-3)13-5-4-12-8/h4-5,7,11H,1-3H3. The van der Waals surface area contributed by atoms with Crippen LogP contribution < -0.4 is 10.1 Å². The fraction of sp³-hybridized carbons (Fsp3) is 0.400. The van der Waals surface area contributed by atoms with E-state index in [4.69, 9.17) is 4.74 Å². The molecule has 17 heavy (non-hydrogen) atoms. The summed E-state index contributed by atoms with van der Waals surface area (Å²) < 4.78 is 9.15. The van der Waals surface area contributed by atoms with Crippen LogP contribution in [0.5, 0.6) is 5.88 Å². The molecule has 0 spiro atoms. The van der Waals surface area contributed by atoms with Crippen LogP contribution in [0.15, 0.2) is 12.4 Å². The molecule has 1 atom stereocenters. The lowest BCUT2D eigenvalue weighted by molar-refractivity contribution is 0.384. The molecule has 0 radical (unpaired) electrons. The Morgan fingerprint density at radius 1 is 1.35 bits per heavy atom. The van der Waals surface area contributed by atoms with Crippen molar-refractivity contribution in [2.45, 2.75) is 13.0 Å². The highest BCUT2D eigenvalue weighted by molar-refractivity contribution is 7.05. The molecule has 1 unspecified atom stereocenters. The second kappa shape index (κ2) is 5.15. The Labute approximate surface area is 103 Å². The van der Waals surface area contributed by atoms with Crippen LogP contribution in [0.1, 0.15) is 22.3 Å². The van der Waals surface area contributed by atoms with Gasteiger partial charge in [0.1, 0.15) is 5.69 Å². The van der Waals surface area contributed by atoms with Crippen molar-refractivity contribution in [2.24, 2.45) is 0 Å². The van der Waals surface area contributed by atoms with Crippen LogP contribution in [-0.2, 0) is 0 Å². The predicted octanol–water partition coefficient (Wildman–Crippen LogP) is 0.954. The molecule has 2 aromatic rings. The number of nitrogens with one attached hydrogen (secondary N) is 1. The Hall–Kier alpha value is -1.60. The first-order valence-corrected chi connectivity index (χ1v) is 5.86. The number of methoxy groups -OCH3 is 1. The minimum atomic E-state index is -0.0985. The van der Waals surface area contributed by atoms with Crippen molar-refractivity contribution in [3.05, 3.63) is 28.7 Å². The van der Waals surface area contributed by atoms with E-state index in [0.717, 1.165) is 16.3 Å². The molecule has 0 aliphatic heterocycles. The van der Waals surface area contributed by atoms with E-state index in [9.17, 15) is 0 Å². The van der Waals surface area contributed by atoms with Crippen molar-refractivity contribution in [1.29, 1.82) is 0 Å². The number of ether oxygens (including phenoxy) is 1. The molecule has 0 bridgehead atoms. The molecular weight excluding hydrogens is 238 g/mol. The third-order valence-electron chi connectivity index (χ3n) is 2.40. The number of nitrogens with zero attached hydrogens (tertiary/aromatic N) is 4. The zero-order chi connectivity index (χ0) is 12.3. The lowest BCUT2D eigenvalue weighted by Gasteiger charge is -2.15. The summed E-state index contributed by atoms with van der Waals surface area (Å²) in [6.07, 6.45) is 3.25. The molecule has 0 saturated carbocycles. The largest absolute Gasteiger partial charge is 0.480 e. The Morgan fingerprint density at radius 3 is 2.71 bits per heavy atom. The van der Waals surface area contributed by atoms with E-state index < -0.39 is 0 Å². The number of hydrogen-bond acceptors (Lipinski definition) is 7. The molecule has 2 rings (SSSR count). The summed E-state index contributed by atoms with van der Waals surface area (Å²) in [5.41, 5.74) is 1.63. The summed E-state index contributed by atoms with van der Waals surface area (Å²) >= 11 is 1.35. The molecular formula is C10H13N5OS. The van der Waals surface area contributed by atoms with Crippen LogP contribution in [0.3, 0.4) is 0 Å². The van der Waals surface area contributed by atoms with E-state index in [1.165, 1.54) is 11.5 Å². The minimum Gasteiger partial charge on any atom is -0.480 e. The number of aryl methyl sites for hydroxylation is 1. The van der Waals surface area contributed by atoms with Gasteiger partial charge in [-0.15, -0.1) is 5.10 Å². The van der Waals surface area contributed by atoms with Gasteiger partial charge in [0.15, 0.2) is 0 Å². The van der Waals surface area contributed by atoms with Gasteiger partial charge in [-0.3, -0.25) is 4.98 Å². The normalized spacial score (nSPS) is 12.4. The molecule has 0 aliphatic carbocycles. The van der Waals surface area contributed by atoms with E-state index in [1.54, 1.807) is 19.5 Å². The quantitative estimate of drug-likeness (QED) is 0.872. The highest BCUT2D eigenvalue weighted by Gasteiger charge is 2.23. The molecule has 6 nitrogen and oxygen atoms in total. The maximum atomic E-state index is 5.22. The molecule has 0 aliphatic rings. The summed E-state index contributed by atoms with van der Waals surface area (Å²) in [4.78, 5) is 9.48. The molecule has 0 aromatic carbocycles. The summed E-state index contributed by atoms with van der Waals surface area (Å²) in [5.74, 6) is 0.514. The maximum absolute atomic E-state index is 5.22. The van der Waals surface area contributed by atoms with E-state index >= 15 is 0 Å². The van der Waals surface area contributed by atoms with Gasteiger partial charge in [-0.05, 0) is 25.5 Å². The van der Waals surface area contributed by atoms with Crippen molar-refractivity contribution in [1.82, 2.24) is 24.9 Å². The molecule has 90 valence electrons. The maximum Gasteiger partial charge on any atom is 0.237 e. The first-order valence-electron chi connectivity index (χ1n) is 5.09. The van der Waals surface area contributed by atoms with Crippen molar-refractivity contribution >= 4 is 11.5 Å². The first-order chi connectivity index (χ1) is 8.27. The van der Waals surface area contributed by atoms with Gasteiger partial charge in [0.25, 0.3) is 0 Å². The van der Waals surface area contributed by atoms with Crippen molar-refractivity contribution < 1.29 is 4.74 Å². The van der Waals surface area contributed by atoms with Gasteiger partial charge in [-0.25, -0.2) is 4.98 Å². The fourth-order valence-electron chi connectivity index (χ4n) is 1.59. The Morgan fingerprint density at radius 2 is 2.12 bits per heavy atom. The molecule has 0 fully saturated rings. The first kappa shape index (κ1) is 11.9. The fourth-order valence-corrected chi connectivity index (χ4v) is 2.34.